The Bertz CT molecular complexity index is 695. The Morgan fingerprint density at radius 1 is 1.23 bits per heavy atom. The summed E-state index contributed by atoms with van der Waals surface area (Å²) >= 11 is 0. The number of aliphatic hydroxyl groups is 1. The molecule has 0 radical (unpaired) electrons. The molecule has 0 bridgehead atoms. The number of aliphatic hydroxyl groups excluding tert-OH is 1. The second-order valence-electron chi connectivity index (χ2n) is 6.43. The first kappa shape index (κ1) is 18.4. The van der Waals surface area contributed by atoms with Gasteiger partial charge in [0.1, 0.15) is 11.6 Å². The van der Waals surface area contributed by atoms with Gasteiger partial charge in [0, 0.05) is 45.0 Å². The molecule has 1 atom stereocenters. The Kier molecular flexibility index (Phi) is 6.25. The van der Waals surface area contributed by atoms with E-state index in [9.17, 15) is 5.11 Å². The SMILES string of the molecule is CCOc1ccc(CN2CCN(c3ccnc(N)n3)C[C@H]2CCO)cc1. The van der Waals surface area contributed by atoms with Gasteiger partial charge in [-0.1, -0.05) is 12.1 Å². The summed E-state index contributed by atoms with van der Waals surface area (Å²) in [6, 6.07) is 10.4. The number of aromatic nitrogens is 2. The Hall–Kier alpha value is -2.38. The van der Waals surface area contributed by atoms with Crippen LogP contribution in [0.25, 0.3) is 0 Å². The molecule has 140 valence electrons. The van der Waals surface area contributed by atoms with Crippen molar-refractivity contribution in [3.05, 3.63) is 42.1 Å². The number of nitrogen functional groups attached to an aromatic ring is 1. The van der Waals surface area contributed by atoms with Gasteiger partial charge in [-0.15, -0.1) is 0 Å². The van der Waals surface area contributed by atoms with Crippen molar-refractivity contribution in [1.29, 1.82) is 0 Å². The summed E-state index contributed by atoms with van der Waals surface area (Å²) in [7, 11) is 0. The van der Waals surface area contributed by atoms with Crippen LogP contribution in [0, 0.1) is 0 Å². The molecule has 26 heavy (non-hydrogen) atoms. The van der Waals surface area contributed by atoms with E-state index in [1.807, 2.05) is 25.1 Å². The van der Waals surface area contributed by atoms with Gasteiger partial charge in [-0.2, -0.15) is 4.98 Å². The molecule has 0 saturated carbocycles. The van der Waals surface area contributed by atoms with E-state index < -0.39 is 0 Å². The van der Waals surface area contributed by atoms with E-state index in [0.717, 1.165) is 44.2 Å². The van der Waals surface area contributed by atoms with Crippen molar-refractivity contribution in [2.75, 3.05) is 43.5 Å². The van der Waals surface area contributed by atoms with E-state index in [2.05, 4.69) is 31.9 Å². The van der Waals surface area contributed by atoms with Crippen LogP contribution >= 0.6 is 0 Å². The summed E-state index contributed by atoms with van der Waals surface area (Å²) in [4.78, 5) is 12.9. The van der Waals surface area contributed by atoms with E-state index in [4.69, 9.17) is 10.5 Å². The number of nitrogens with two attached hydrogens (primary N) is 1. The molecule has 2 heterocycles. The quantitative estimate of drug-likeness (QED) is 0.777. The van der Waals surface area contributed by atoms with E-state index in [1.54, 1.807) is 6.20 Å². The summed E-state index contributed by atoms with van der Waals surface area (Å²) in [6.07, 6.45) is 2.42. The van der Waals surface area contributed by atoms with Crippen LogP contribution in [0.4, 0.5) is 11.8 Å². The highest BCUT2D eigenvalue weighted by Gasteiger charge is 2.27. The second-order valence-corrected chi connectivity index (χ2v) is 6.43. The van der Waals surface area contributed by atoms with Crippen LogP contribution in [0.1, 0.15) is 18.9 Å². The molecular formula is C19H27N5O2. The molecule has 1 aliphatic heterocycles. The average Bonchev–Trinajstić information content (AvgIpc) is 2.65. The highest BCUT2D eigenvalue weighted by molar-refractivity contribution is 5.41. The number of nitrogens with zero attached hydrogens (tertiary/aromatic N) is 4. The average molecular weight is 357 g/mol. The molecule has 3 rings (SSSR count). The molecule has 0 unspecified atom stereocenters. The maximum atomic E-state index is 9.49. The number of rotatable bonds is 7. The number of hydrogen-bond donors (Lipinski definition) is 2. The van der Waals surface area contributed by atoms with Crippen molar-refractivity contribution in [3.63, 3.8) is 0 Å². The van der Waals surface area contributed by atoms with Crippen molar-refractivity contribution < 1.29 is 9.84 Å². The maximum Gasteiger partial charge on any atom is 0.221 e. The highest BCUT2D eigenvalue weighted by Crippen LogP contribution is 2.22. The van der Waals surface area contributed by atoms with Gasteiger partial charge >= 0.3 is 0 Å². The molecule has 3 N–H and O–H groups in total. The van der Waals surface area contributed by atoms with Gasteiger partial charge in [0.25, 0.3) is 0 Å². The van der Waals surface area contributed by atoms with Crippen molar-refractivity contribution in [1.82, 2.24) is 14.9 Å². The third-order valence-electron chi connectivity index (χ3n) is 4.67. The fourth-order valence-corrected chi connectivity index (χ4v) is 3.36. The lowest BCUT2D eigenvalue weighted by atomic mass is 10.1. The summed E-state index contributed by atoms with van der Waals surface area (Å²) in [5.41, 5.74) is 6.96. The van der Waals surface area contributed by atoms with Gasteiger partial charge in [0.05, 0.1) is 6.61 Å². The molecule has 1 saturated heterocycles. The van der Waals surface area contributed by atoms with E-state index in [-0.39, 0.29) is 18.6 Å². The van der Waals surface area contributed by atoms with Crippen LogP contribution in [0.2, 0.25) is 0 Å². The zero-order chi connectivity index (χ0) is 18.4. The largest absolute Gasteiger partial charge is 0.494 e. The first-order valence-corrected chi connectivity index (χ1v) is 9.09. The smallest absolute Gasteiger partial charge is 0.221 e. The van der Waals surface area contributed by atoms with Crippen molar-refractivity contribution in [2.45, 2.75) is 25.9 Å². The fourth-order valence-electron chi connectivity index (χ4n) is 3.36. The molecule has 7 heteroatoms. The summed E-state index contributed by atoms with van der Waals surface area (Å²) in [6.45, 7) is 6.28. The second kappa shape index (κ2) is 8.82. The van der Waals surface area contributed by atoms with Gasteiger partial charge in [-0.05, 0) is 37.1 Å². The lowest BCUT2D eigenvalue weighted by Gasteiger charge is -2.42. The van der Waals surface area contributed by atoms with Crippen LogP contribution in [0.5, 0.6) is 5.75 Å². The van der Waals surface area contributed by atoms with Gasteiger partial charge in [-0.3, -0.25) is 4.90 Å². The number of piperazine rings is 1. The lowest BCUT2D eigenvalue weighted by Crippen LogP contribution is -2.53. The standard InChI is InChI=1S/C19H27N5O2/c1-2-26-17-5-3-15(4-6-17)13-23-10-11-24(14-16(23)8-12-25)18-7-9-21-19(20)22-18/h3-7,9,16,25H,2,8,10-14H2,1H3,(H2,20,21,22)/t16-/m1/s1. The van der Waals surface area contributed by atoms with Crippen LogP contribution in [-0.2, 0) is 6.54 Å². The van der Waals surface area contributed by atoms with Crippen LogP contribution in [-0.4, -0.2) is 58.9 Å². The molecule has 0 spiro atoms. The number of ether oxygens (including phenoxy) is 1. The summed E-state index contributed by atoms with van der Waals surface area (Å²) < 4.78 is 5.51. The Balaban J connectivity index is 1.66. The van der Waals surface area contributed by atoms with Crippen molar-refractivity contribution >= 4 is 11.8 Å². The number of hydrogen-bond acceptors (Lipinski definition) is 7. The first-order valence-electron chi connectivity index (χ1n) is 9.09. The predicted octanol–water partition coefficient (Wildman–Crippen LogP) is 1.53. The maximum absolute atomic E-state index is 9.49. The predicted molar refractivity (Wildman–Crippen MR) is 102 cm³/mol. The van der Waals surface area contributed by atoms with Gasteiger partial charge in [0.15, 0.2) is 0 Å². The summed E-state index contributed by atoms with van der Waals surface area (Å²) in [5.74, 6) is 2.04. The first-order chi connectivity index (χ1) is 12.7. The van der Waals surface area contributed by atoms with Crippen molar-refractivity contribution in [2.24, 2.45) is 0 Å². The number of anilines is 2. The zero-order valence-corrected chi connectivity index (χ0v) is 15.2. The monoisotopic (exact) mass is 357 g/mol. The number of benzene rings is 1. The van der Waals surface area contributed by atoms with Crippen LogP contribution < -0.4 is 15.4 Å². The fraction of sp³-hybridized carbons (Fsp3) is 0.474. The topological polar surface area (TPSA) is 87.7 Å². The minimum absolute atomic E-state index is 0.171. The van der Waals surface area contributed by atoms with Gasteiger partial charge < -0.3 is 20.5 Å². The molecule has 1 aliphatic rings. The molecule has 1 aromatic heterocycles. The van der Waals surface area contributed by atoms with Crippen LogP contribution in [0.3, 0.4) is 0 Å². The van der Waals surface area contributed by atoms with E-state index in [0.29, 0.717) is 6.61 Å². The molecule has 0 aliphatic carbocycles. The van der Waals surface area contributed by atoms with E-state index in [1.165, 1.54) is 5.56 Å². The third kappa shape index (κ3) is 4.62. The van der Waals surface area contributed by atoms with Gasteiger partial charge in [-0.25, -0.2) is 4.98 Å². The van der Waals surface area contributed by atoms with Crippen LogP contribution in [0.15, 0.2) is 36.5 Å². The Morgan fingerprint density at radius 3 is 2.73 bits per heavy atom. The third-order valence-corrected chi connectivity index (χ3v) is 4.67. The molecular weight excluding hydrogens is 330 g/mol. The lowest BCUT2D eigenvalue weighted by molar-refractivity contribution is 0.135. The van der Waals surface area contributed by atoms with Gasteiger partial charge in [0.2, 0.25) is 5.95 Å². The minimum atomic E-state index is 0.171. The molecule has 0 amide bonds. The zero-order valence-electron chi connectivity index (χ0n) is 15.2. The Morgan fingerprint density at radius 2 is 2.04 bits per heavy atom. The highest BCUT2D eigenvalue weighted by atomic mass is 16.5. The normalized spacial score (nSPS) is 18.1. The molecule has 7 nitrogen and oxygen atoms in total. The molecule has 2 aromatic rings. The minimum Gasteiger partial charge on any atom is -0.494 e. The van der Waals surface area contributed by atoms with E-state index >= 15 is 0 Å². The molecule has 1 aromatic carbocycles. The molecule has 1 fully saturated rings. The summed E-state index contributed by atoms with van der Waals surface area (Å²) in [5, 5.41) is 9.49. The Labute approximate surface area is 154 Å². The van der Waals surface area contributed by atoms with Crippen molar-refractivity contribution in [3.8, 4) is 5.75 Å².